The van der Waals surface area contributed by atoms with Crippen molar-refractivity contribution in [1.82, 2.24) is 4.98 Å². The monoisotopic (exact) mass is 271 g/mol. The molecular weight excluding hydrogens is 254 g/mol. The lowest BCUT2D eigenvalue weighted by Crippen LogP contribution is -2.15. The van der Waals surface area contributed by atoms with Crippen LogP contribution >= 0.6 is 0 Å². The molecule has 5 heteroatoms. The third-order valence-electron chi connectivity index (χ3n) is 2.70. The Bertz CT molecular complexity index is 582. The number of nitrogens with two attached hydrogens (primary N) is 1. The van der Waals surface area contributed by atoms with Crippen LogP contribution in [0.5, 0.6) is 5.75 Å². The van der Waals surface area contributed by atoms with Gasteiger partial charge in [-0.2, -0.15) is 0 Å². The molecule has 104 valence electrons. The number of hydrogen-bond donors (Lipinski definition) is 2. The van der Waals surface area contributed by atoms with Crippen molar-refractivity contribution in [2.75, 3.05) is 17.7 Å². The molecule has 2 rings (SSSR count). The van der Waals surface area contributed by atoms with E-state index >= 15 is 0 Å². The number of rotatable bonds is 5. The zero-order valence-corrected chi connectivity index (χ0v) is 11.3. The molecule has 2 aromatic rings. The van der Waals surface area contributed by atoms with E-state index in [4.69, 9.17) is 10.5 Å². The summed E-state index contributed by atoms with van der Waals surface area (Å²) in [7, 11) is 0. The Morgan fingerprint density at radius 1 is 1.30 bits per heavy atom. The Hall–Kier alpha value is -2.56. The molecule has 0 fully saturated rings. The fraction of sp³-hybridized carbons (Fsp3) is 0.200. The topological polar surface area (TPSA) is 77.2 Å². The number of aromatic nitrogens is 1. The summed E-state index contributed by atoms with van der Waals surface area (Å²) >= 11 is 0. The second-order valence-electron chi connectivity index (χ2n) is 4.37. The van der Waals surface area contributed by atoms with Gasteiger partial charge in [0.05, 0.1) is 30.6 Å². The first kappa shape index (κ1) is 13.9. The largest absolute Gasteiger partial charge is 0.491 e. The van der Waals surface area contributed by atoms with Crippen LogP contribution in [0, 0.1) is 6.92 Å². The van der Waals surface area contributed by atoms with Crippen LogP contribution in [0.3, 0.4) is 0 Å². The zero-order valence-electron chi connectivity index (χ0n) is 11.3. The zero-order chi connectivity index (χ0) is 14.4. The van der Waals surface area contributed by atoms with Gasteiger partial charge in [-0.1, -0.05) is 12.1 Å². The molecular formula is C15H17N3O2. The van der Waals surface area contributed by atoms with E-state index in [-0.39, 0.29) is 18.9 Å². The van der Waals surface area contributed by atoms with Gasteiger partial charge in [0, 0.05) is 5.69 Å². The molecule has 0 saturated carbocycles. The van der Waals surface area contributed by atoms with E-state index in [1.807, 2.05) is 31.2 Å². The second kappa shape index (κ2) is 6.56. The summed E-state index contributed by atoms with van der Waals surface area (Å²) in [6.07, 6.45) is 1.88. The minimum Gasteiger partial charge on any atom is -0.491 e. The highest BCUT2D eigenvalue weighted by atomic mass is 16.5. The van der Waals surface area contributed by atoms with Gasteiger partial charge in [0.2, 0.25) is 5.91 Å². The van der Waals surface area contributed by atoms with Crippen molar-refractivity contribution in [1.29, 1.82) is 0 Å². The number of amides is 1. The average Bonchev–Trinajstić information content (AvgIpc) is 2.43. The first-order valence-corrected chi connectivity index (χ1v) is 6.35. The van der Waals surface area contributed by atoms with Crippen LogP contribution in [0.25, 0.3) is 0 Å². The molecule has 0 spiro atoms. The summed E-state index contributed by atoms with van der Waals surface area (Å²) in [5.41, 5.74) is 7.90. The maximum Gasteiger partial charge on any atom is 0.227 e. The van der Waals surface area contributed by atoms with Crippen molar-refractivity contribution in [3.8, 4) is 5.75 Å². The molecule has 5 nitrogen and oxygen atoms in total. The molecule has 0 aliphatic heterocycles. The van der Waals surface area contributed by atoms with Crippen LogP contribution in [0.4, 0.5) is 11.4 Å². The van der Waals surface area contributed by atoms with Gasteiger partial charge in [-0.05, 0) is 31.2 Å². The lowest BCUT2D eigenvalue weighted by Gasteiger charge is -2.09. The van der Waals surface area contributed by atoms with Crippen LogP contribution in [0.1, 0.15) is 12.1 Å². The number of hydrogen-bond acceptors (Lipinski definition) is 4. The molecule has 20 heavy (non-hydrogen) atoms. The van der Waals surface area contributed by atoms with Gasteiger partial charge in [0.1, 0.15) is 5.75 Å². The highest BCUT2D eigenvalue weighted by Gasteiger charge is 2.04. The number of nitrogens with one attached hydrogen (secondary N) is 1. The Labute approximate surface area is 117 Å². The van der Waals surface area contributed by atoms with Crippen molar-refractivity contribution in [2.45, 2.75) is 13.3 Å². The van der Waals surface area contributed by atoms with Crippen LogP contribution in [0.2, 0.25) is 0 Å². The summed E-state index contributed by atoms with van der Waals surface area (Å²) in [5.74, 6) is 0.474. The van der Waals surface area contributed by atoms with Gasteiger partial charge in [-0.25, -0.2) is 0 Å². The third-order valence-corrected chi connectivity index (χ3v) is 2.70. The van der Waals surface area contributed by atoms with Gasteiger partial charge in [0.25, 0.3) is 0 Å². The molecule has 1 heterocycles. The number of benzene rings is 1. The van der Waals surface area contributed by atoms with E-state index in [0.717, 1.165) is 5.69 Å². The highest BCUT2D eigenvalue weighted by Crippen LogP contribution is 2.19. The van der Waals surface area contributed by atoms with Crippen LogP contribution in [-0.4, -0.2) is 17.5 Å². The predicted octanol–water partition coefficient (Wildman–Crippen LogP) is 2.38. The van der Waals surface area contributed by atoms with Gasteiger partial charge in [0.15, 0.2) is 0 Å². The molecule has 0 aliphatic rings. The smallest absolute Gasteiger partial charge is 0.227 e. The second-order valence-corrected chi connectivity index (χ2v) is 4.37. The molecule has 0 atom stereocenters. The standard InChI is InChI=1S/C15H17N3O2/c1-11-6-7-12(10-17-11)18-15(19)8-9-20-14-5-3-2-4-13(14)16/h2-7,10H,8-9,16H2,1H3,(H,18,19). The van der Waals surface area contributed by atoms with E-state index in [2.05, 4.69) is 10.3 Å². The molecule has 0 saturated heterocycles. The van der Waals surface area contributed by atoms with Crippen molar-refractivity contribution in [3.05, 3.63) is 48.3 Å². The number of carbonyl (C=O) groups is 1. The van der Waals surface area contributed by atoms with Crippen LogP contribution in [-0.2, 0) is 4.79 Å². The van der Waals surface area contributed by atoms with E-state index in [9.17, 15) is 4.79 Å². The number of pyridine rings is 1. The van der Waals surface area contributed by atoms with Crippen LogP contribution < -0.4 is 15.8 Å². The maximum absolute atomic E-state index is 11.7. The summed E-state index contributed by atoms with van der Waals surface area (Å²) in [6.45, 7) is 2.17. The number of para-hydroxylation sites is 2. The lowest BCUT2D eigenvalue weighted by atomic mass is 10.3. The van der Waals surface area contributed by atoms with Gasteiger partial charge >= 0.3 is 0 Å². The molecule has 0 unspecified atom stereocenters. The normalized spacial score (nSPS) is 10.1. The van der Waals surface area contributed by atoms with Crippen molar-refractivity contribution in [3.63, 3.8) is 0 Å². The molecule has 1 amide bonds. The van der Waals surface area contributed by atoms with Gasteiger partial charge < -0.3 is 15.8 Å². The third kappa shape index (κ3) is 3.98. The number of aryl methyl sites for hydroxylation is 1. The lowest BCUT2D eigenvalue weighted by molar-refractivity contribution is -0.116. The summed E-state index contributed by atoms with van der Waals surface area (Å²) < 4.78 is 5.46. The summed E-state index contributed by atoms with van der Waals surface area (Å²) in [4.78, 5) is 15.8. The molecule has 0 radical (unpaired) electrons. The SMILES string of the molecule is Cc1ccc(NC(=O)CCOc2ccccc2N)cn1. The Kier molecular flexibility index (Phi) is 4.55. The molecule has 0 aliphatic carbocycles. The Morgan fingerprint density at radius 3 is 2.80 bits per heavy atom. The minimum atomic E-state index is -0.120. The number of anilines is 2. The first-order valence-electron chi connectivity index (χ1n) is 6.35. The highest BCUT2D eigenvalue weighted by molar-refractivity contribution is 5.90. The quantitative estimate of drug-likeness (QED) is 0.818. The molecule has 1 aromatic heterocycles. The molecule has 3 N–H and O–H groups in total. The average molecular weight is 271 g/mol. The number of nitrogen functional groups attached to an aromatic ring is 1. The number of carbonyl (C=O) groups excluding carboxylic acids is 1. The molecule has 1 aromatic carbocycles. The fourth-order valence-corrected chi connectivity index (χ4v) is 1.63. The van der Waals surface area contributed by atoms with E-state index in [1.54, 1.807) is 18.3 Å². The Balaban J connectivity index is 1.78. The Morgan fingerprint density at radius 2 is 2.10 bits per heavy atom. The van der Waals surface area contributed by atoms with Crippen molar-refractivity contribution in [2.24, 2.45) is 0 Å². The number of nitrogens with zero attached hydrogens (tertiary/aromatic N) is 1. The number of ether oxygens (including phenoxy) is 1. The van der Waals surface area contributed by atoms with Gasteiger partial charge in [-0.3, -0.25) is 9.78 Å². The van der Waals surface area contributed by atoms with E-state index < -0.39 is 0 Å². The van der Waals surface area contributed by atoms with E-state index in [0.29, 0.717) is 17.1 Å². The summed E-state index contributed by atoms with van der Waals surface area (Å²) in [6, 6.07) is 10.9. The summed E-state index contributed by atoms with van der Waals surface area (Å²) in [5, 5.41) is 2.76. The first-order chi connectivity index (χ1) is 9.65. The predicted molar refractivity (Wildman–Crippen MR) is 78.6 cm³/mol. The van der Waals surface area contributed by atoms with E-state index in [1.165, 1.54) is 0 Å². The van der Waals surface area contributed by atoms with Crippen LogP contribution in [0.15, 0.2) is 42.6 Å². The molecule has 0 bridgehead atoms. The fourth-order valence-electron chi connectivity index (χ4n) is 1.63. The van der Waals surface area contributed by atoms with Crippen molar-refractivity contribution < 1.29 is 9.53 Å². The maximum atomic E-state index is 11.7. The van der Waals surface area contributed by atoms with Gasteiger partial charge in [-0.15, -0.1) is 0 Å². The van der Waals surface area contributed by atoms with Crippen molar-refractivity contribution >= 4 is 17.3 Å². The minimum absolute atomic E-state index is 0.120.